The molecule has 1 aromatic rings. The first-order valence-corrected chi connectivity index (χ1v) is 9.95. The third-order valence-electron chi connectivity index (χ3n) is 2.30. The van der Waals surface area contributed by atoms with Gasteiger partial charge in [-0.25, -0.2) is 0 Å². The summed E-state index contributed by atoms with van der Waals surface area (Å²) in [5, 5.41) is 0. The van der Waals surface area contributed by atoms with Crippen molar-refractivity contribution in [3.05, 3.63) is 17.8 Å². The van der Waals surface area contributed by atoms with Crippen LogP contribution in [0.3, 0.4) is 0 Å². The zero-order valence-electron chi connectivity index (χ0n) is 14.7. The first kappa shape index (κ1) is 21.3. The fraction of sp³-hybridized carbons (Fsp3) is 0.706. The molecule has 0 aromatic carbocycles. The summed E-state index contributed by atoms with van der Waals surface area (Å²) in [6.45, 7) is 19.3. The Morgan fingerprint density at radius 2 is 1.48 bits per heavy atom. The average Bonchev–Trinajstić information content (AvgIpc) is 2.75. The molecule has 21 heavy (non-hydrogen) atoms. The van der Waals surface area contributed by atoms with Crippen LogP contribution in [0.25, 0.3) is 0 Å². The molecule has 1 heterocycles. The summed E-state index contributed by atoms with van der Waals surface area (Å²) in [5.74, 6) is 0.764. The number of nitrogens with zero attached hydrogens (tertiary/aromatic N) is 1. The average molecular weight is 629 g/mol. The fourth-order valence-electron chi connectivity index (χ4n) is 1.02. The van der Waals surface area contributed by atoms with Crippen LogP contribution in [0, 0.1) is 17.1 Å². The Morgan fingerprint density at radius 3 is 1.71 bits per heavy atom. The Bertz CT molecular complexity index is 482. The van der Waals surface area contributed by atoms with Gasteiger partial charge in [-0.1, -0.05) is 0 Å². The third-order valence-corrected chi connectivity index (χ3v) is 7.40. The van der Waals surface area contributed by atoms with E-state index in [1.54, 1.807) is 0 Å². The van der Waals surface area contributed by atoms with Crippen LogP contribution in [-0.4, -0.2) is 13.3 Å². The Labute approximate surface area is 152 Å². The van der Waals surface area contributed by atoms with Gasteiger partial charge in [0.2, 0.25) is 0 Å². The molecule has 0 unspecified atom stereocenters. The van der Waals surface area contributed by atoms with E-state index in [-0.39, 0.29) is 10.8 Å². The summed E-state index contributed by atoms with van der Waals surface area (Å²) in [6.07, 6.45) is 2.92. The van der Waals surface area contributed by atoms with Crippen molar-refractivity contribution in [1.82, 2.24) is 4.98 Å². The van der Waals surface area contributed by atoms with E-state index in [1.165, 1.54) is 42.6 Å². The molecule has 0 bridgehead atoms. The zero-order chi connectivity index (χ0) is 17.1. The molecule has 0 fully saturated rings. The van der Waals surface area contributed by atoms with Crippen molar-refractivity contribution in [2.75, 3.05) is 0 Å². The van der Waals surface area contributed by atoms with E-state index in [4.69, 9.17) is 4.42 Å². The monoisotopic (exact) mass is 629 g/mol. The van der Waals surface area contributed by atoms with Gasteiger partial charge in [-0.05, 0) is 0 Å². The first-order valence-electron chi connectivity index (χ1n) is 7.01. The quantitative estimate of drug-likeness (QED) is 0.437. The Kier molecular flexibility index (Phi) is 7.86. The van der Waals surface area contributed by atoms with Gasteiger partial charge in [0, 0.05) is 0 Å². The summed E-state index contributed by atoms with van der Waals surface area (Å²) < 4.78 is 9.88. The van der Waals surface area contributed by atoms with Crippen LogP contribution in [0.1, 0.15) is 73.9 Å². The maximum absolute atomic E-state index is 5.40. The normalized spacial score (nSPS) is 12.4. The van der Waals surface area contributed by atoms with Crippen LogP contribution in [0.4, 0.5) is 0 Å². The number of aromatic nitrogens is 1. The summed E-state index contributed by atoms with van der Waals surface area (Å²) in [6, 6.07) is 0. The predicted molar refractivity (Wildman–Crippen MR) is 82.1 cm³/mol. The van der Waals surface area contributed by atoms with Crippen LogP contribution < -0.4 is 0 Å². The molecule has 0 saturated carbocycles. The Hall–Kier alpha value is 0.327. The van der Waals surface area contributed by atoms with E-state index in [0.29, 0.717) is 5.41 Å². The van der Waals surface area contributed by atoms with E-state index in [0.717, 1.165) is 11.6 Å². The molecular weight excluding hydrogens is 602 g/mol. The van der Waals surface area contributed by atoms with Crippen LogP contribution in [0.2, 0.25) is 0 Å². The second kappa shape index (κ2) is 7.74. The molecule has 0 spiro atoms. The SMILES string of the molecule is CC(C)(C)[C-]=[W].CC(C)(C)[C](=[W])c1[c-]oc(C(C)(C)C)n1. The third kappa shape index (κ3) is 8.51. The Balaban J connectivity index is 0.000000567. The van der Waals surface area contributed by atoms with Crippen molar-refractivity contribution in [1.29, 1.82) is 0 Å². The molecule has 1 rings (SSSR count). The van der Waals surface area contributed by atoms with Crippen molar-refractivity contribution < 1.29 is 43.1 Å². The summed E-state index contributed by atoms with van der Waals surface area (Å²) in [7, 11) is 0. The van der Waals surface area contributed by atoms with Crippen molar-refractivity contribution >= 4 is 8.30 Å². The predicted octanol–water partition coefficient (Wildman–Crippen LogP) is 4.14. The van der Waals surface area contributed by atoms with Crippen molar-refractivity contribution in [3.63, 3.8) is 0 Å². The maximum atomic E-state index is 5.40. The molecule has 0 N–H and O–H groups in total. The van der Waals surface area contributed by atoms with E-state index >= 15 is 0 Å². The first-order chi connectivity index (χ1) is 9.18. The molecular formula is C17H27NOW2-2. The zero-order valence-corrected chi connectivity index (χ0v) is 20.5. The Morgan fingerprint density at radius 1 is 1.05 bits per heavy atom. The van der Waals surface area contributed by atoms with Gasteiger partial charge in [0.25, 0.3) is 0 Å². The summed E-state index contributed by atoms with van der Waals surface area (Å²) in [4.78, 5) is 4.51. The van der Waals surface area contributed by atoms with Gasteiger partial charge in [0.05, 0.1) is 0 Å². The minimum atomic E-state index is -0.0394. The molecule has 1 aromatic heterocycles. The van der Waals surface area contributed by atoms with Gasteiger partial charge in [0.1, 0.15) is 0 Å². The molecule has 120 valence electrons. The minimum absolute atomic E-state index is 0.0394. The molecule has 0 radical (unpaired) electrons. The van der Waals surface area contributed by atoms with Gasteiger partial charge in [-0.15, -0.1) is 0 Å². The molecule has 0 aliphatic rings. The molecule has 4 heteroatoms. The van der Waals surface area contributed by atoms with Gasteiger partial charge >= 0.3 is 153 Å². The molecule has 0 amide bonds. The van der Waals surface area contributed by atoms with Crippen molar-refractivity contribution in [3.8, 4) is 0 Å². The molecule has 2 nitrogen and oxygen atoms in total. The number of rotatable bonds is 1. The van der Waals surface area contributed by atoms with Crippen LogP contribution in [-0.2, 0) is 44.1 Å². The topological polar surface area (TPSA) is 26.0 Å². The van der Waals surface area contributed by atoms with Crippen LogP contribution >= 0.6 is 0 Å². The molecule has 0 atom stereocenters. The van der Waals surface area contributed by atoms with Crippen LogP contribution in [0.5, 0.6) is 0 Å². The second-order valence-electron chi connectivity index (χ2n) is 8.15. The van der Waals surface area contributed by atoms with Gasteiger partial charge in [-0.3, -0.25) is 0 Å². The van der Waals surface area contributed by atoms with Crippen LogP contribution in [0.15, 0.2) is 4.42 Å². The van der Waals surface area contributed by atoms with Gasteiger partial charge in [0.15, 0.2) is 0 Å². The number of oxazole rings is 1. The van der Waals surface area contributed by atoms with Gasteiger partial charge < -0.3 is 0 Å². The van der Waals surface area contributed by atoms with E-state index in [9.17, 15) is 0 Å². The summed E-state index contributed by atoms with van der Waals surface area (Å²) >= 11 is 2.88. The summed E-state index contributed by atoms with van der Waals surface area (Å²) in [5.41, 5.74) is 1.33. The van der Waals surface area contributed by atoms with Crippen molar-refractivity contribution in [2.24, 2.45) is 10.8 Å². The molecule has 0 saturated heterocycles. The second-order valence-corrected chi connectivity index (χ2v) is 10.4. The molecule has 0 aliphatic heterocycles. The number of hydrogen-bond donors (Lipinski definition) is 0. The van der Waals surface area contributed by atoms with Crippen molar-refractivity contribution in [2.45, 2.75) is 67.7 Å². The number of hydrogen-bond acceptors (Lipinski definition) is 2. The van der Waals surface area contributed by atoms with Gasteiger partial charge in [-0.2, -0.15) is 0 Å². The fourth-order valence-corrected chi connectivity index (χ4v) is 1.33. The van der Waals surface area contributed by atoms with E-state index in [1.807, 2.05) is 0 Å². The van der Waals surface area contributed by atoms with E-state index < -0.39 is 0 Å². The van der Waals surface area contributed by atoms with E-state index in [2.05, 4.69) is 78.0 Å². The standard InChI is InChI=1S/C12H18NO.C5H9.2W/c1-11(2,3)7-9-8-14-10(13-9)12(4,5)6;1-5(2,3)4;;/h1-6H3;1-3H3;;/q2*-1;;. The molecule has 0 aliphatic carbocycles.